The van der Waals surface area contributed by atoms with Crippen LogP contribution in [-0.4, -0.2) is 30.6 Å². The molecule has 0 aromatic rings. The van der Waals surface area contributed by atoms with Gasteiger partial charge < -0.3 is 14.2 Å². The molecule has 0 aromatic carbocycles. The van der Waals surface area contributed by atoms with E-state index in [1.807, 2.05) is 0 Å². The standard InChI is InChI=1S/C33H54O4/c1-5-6-7-8-9-10-11-12-13-14-15-16-17-18-19-20-27(34)36-29-32-23-31(32,4)26-22-30(2,3)21-25(26)28-33(32,37-28)24-35-29/h12-13,25-26,28-29H,5-11,14-24H2,1-4H3/b13-12-/t25-,26-,28-,29+,31+,32-,33-/m0/s1. The fraction of sp³-hybridized carbons (Fsp3) is 0.909. The number of carbonyl (C=O) groups is 1. The lowest BCUT2D eigenvalue weighted by atomic mass is 9.64. The van der Waals surface area contributed by atoms with Crippen molar-refractivity contribution in [3.05, 3.63) is 12.2 Å². The third-order valence-corrected chi connectivity index (χ3v) is 11.1. The maximum absolute atomic E-state index is 12.8. The van der Waals surface area contributed by atoms with Crippen LogP contribution in [-0.2, 0) is 19.0 Å². The highest BCUT2D eigenvalue weighted by molar-refractivity contribution is 5.69. The van der Waals surface area contributed by atoms with Crippen LogP contribution in [0.2, 0.25) is 0 Å². The van der Waals surface area contributed by atoms with Crippen molar-refractivity contribution in [1.29, 1.82) is 0 Å². The molecule has 3 saturated carbocycles. The SMILES string of the molecule is CCCCCCCC/C=C\CCCCCCCC(=O)O[C@H]1OC[C@]23O[C@H]2[C@H]2CC(C)(C)C[C@@H]2[C@@]2(C)C[C@@]132. The van der Waals surface area contributed by atoms with Gasteiger partial charge in [0.2, 0.25) is 6.29 Å². The van der Waals surface area contributed by atoms with Gasteiger partial charge in [0.15, 0.2) is 0 Å². The summed E-state index contributed by atoms with van der Waals surface area (Å²) < 4.78 is 18.7. The molecule has 5 aliphatic rings. The molecule has 37 heavy (non-hydrogen) atoms. The second-order valence-electron chi connectivity index (χ2n) is 14.3. The van der Waals surface area contributed by atoms with Gasteiger partial charge in [-0.05, 0) is 74.0 Å². The second kappa shape index (κ2) is 11.0. The van der Waals surface area contributed by atoms with Gasteiger partial charge in [-0.2, -0.15) is 0 Å². The van der Waals surface area contributed by atoms with Crippen LogP contribution in [0.4, 0.5) is 0 Å². The summed E-state index contributed by atoms with van der Waals surface area (Å²) in [7, 11) is 0. The van der Waals surface area contributed by atoms with Crippen LogP contribution in [0.25, 0.3) is 0 Å². The zero-order chi connectivity index (χ0) is 26.2. The molecular weight excluding hydrogens is 460 g/mol. The maximum Gasteiger partial charge on any atom is 0.308 e. The minimum Gasteiger partial charge on any atom is -0.435 e. The summed E-state index contributed by atoms with van der Waals surface area (Å²) in [5.74, 6) is 1.26. The summed E-state index contributed by atoms with van der Waals surface area (Å²) in [5.41, 5.74) is 0.329. The van der Waals surface area contributed by atoms with E-state index in [4.69, 9.17) is 14.2 Å². The molecule has 0 N–H and O–H groups in total. The molecular formula is C33H54O4. The molecule has 5 rings (SSSR count). The van der Waals surface area contributed by atoms with Gasteiger partial charge >= 0.3 is 5.97 Å². The Morgan fingerprint density at radius 3 is 2.24 bits per heavy atom. The molecule has 2 saturated heterocycles. The molecule has 4 heteroatoms. The lowest BCUT2D eigenvalue weighted by Gasteiger charge is -2.37. The fourth-order valence-electron chi connectivity index (χ4n) is 9.03. The van der Waals surface area contributed by atoms with Crippen molar-refractivity contribution in [3.8, 4) is 0 Å². The van der Waals surface area contributed by atoms with Crippen molar-refractivity contribution in [2.45, 2.75) is 155 Å². The summed E-state index contributed by atoms with van der Waals surface area (Å²) in [6.45, 7) is 10.2. The molecule has 0 amide bonds. The van der Waals surface area contributed by atoms with Crippen molar-refractivity contribution in [2.75, 3.05) is 6.61 Å². The Bertz CT molecular complexity index is 834. The van der Waals surface area contributed by atoms with E-state index >= 15 is 0 Å². The Morgan fingerprint density at radius 2 is 1.54 bits per heavy atom. The largest absolute Gasteiger partial charge is 0.435 e. The van der Waals surface area contributed by atoms with Crippen LogP contribution in [0, 0.1) is 28.1 Å². The van der Waals surface area contributed by atoms with E-state index in [1.54, 1.807) is 0 Å². The Hall–Kier alpha value is -0.870. The summed E-state index contributed by atoms with van der Waals surface area (Å²) in [6.07, 6.45) is 25.3. The first-order valence-corrected chi connectivity index (χ1v) is 15.9. The molecule has 2 heterocycles. The smallest absolute Gasteiger partial charge is 0.308 e. The van der Waals surface area contributed by atoms with Crippen molar-refractivity contribution >= 4 is 5.97 Å². The Morgan fingerprint density at radius 1 is 0.892 bits per heavy atom. The van der Waals surface area contributed by atoms with Gasteiger partial charge in [-0.1, -0.05) is 91.2 Å². The molecule has 210 valence electrons. The van der Waals surface area contributed by atoms with E-state index < -0.39 is 6.29 Å². The Labute approximate surface area is 226 Å². The molecule has 3 aliphatic carbocycles. The van der Waals surface area contributed by atoms with Crippen LogP contribution in [0.1, 0.15) is 137 Å². The molecule has 5 fully saturated rings. The molecule has 0 unspecified atom stereocenters. The molecule has 2 spiro atoms. The average Bonchev–Trinajstić information content (AvgIpc) is 3.67. The van der Waals surface area contributed by atoms with E-state index in [1.165, 1.54) is 83.5 Å². The molecule has 0 radical (unpaired) electrons. The number of ether oxygens (including phenoxy) is 3. The van der Waals surface area contributed by atoms with Crippen molar-refractivity contribution in [2.24, 2.45) is 28.1 Å². The zero-order valence-corrected chi connectivity index (χ0v) is 24.3. The molecule has 0 bridgehead atoms. The average molecular weight is 515 g/mol. The third kappa shape index (κ3) is 5.08. The van der Waals surface area contributed by atoms with E-state index in [9.17, 15) is 4.79 Å². The monoisotopic (exact) mass is 514 g/mol. The summed E-state index contributed by atoms with van der Waals surface area (Å²) in [4.78, 5) is 12.8. The lowest BCUT2D eigenvalue weighted by Crippen LogP contribution is -2.46. The van der Waals surface area contributed by atoms with Gasteiger partial charge in [-0.3, -0.25) is 4.79 Å². The minimum atomic E-state index is -0.400. The van der Waals surface area contributed by atoms with E-state index in [2.05, 4.69) is 39.8 Å². The van der Waals surface area contributed by atoms with Crippen molar-refractivity contribution in [1.82, 2.24) is 0 Å². The predicted octanol–water partition coefficient (Wildman–Crippen LogP) is 8.52. The molecule has 2 aliphatic heterocycles. The predicted molar refractivity (Wildman–Crippen MR) is 148 cm³/mol. The van der Waals surface area contributed by atoms with Gasteiger partial charge in [0, 0.05) is 6.42 Å². The first-order valence-electron chi connectivity index (χ1n) is 15.9. The summed E-state index contributed by atoms with van der Waals surface area (Å²) in [5, 5.41) is 0. The third-order valence-electron chi connectivity index (χ3n) is 11.1. The maximum atomic E-state index is 12.8. The number of epoxide rings is 1. The van der Waals surface area contributed by atoms with Crippen LogP contribution >= 0.6 is 0 Å². The van der Waals surface area contributed by atoms with Crippen molar-refractivity contribution in [3.63, 3.8) is 0 Å². The van der Waals surface area contributed by atoms with Crippen LogP contribution in [0.5, 0.6) is 0 Å². The fourth-order valence-corrected chi connectivity index (χ4v) is 9.03. The number of rotatable bonds is 16. The van der Waals surface area contributed by atoms with Gasteiger partial charge in [-0.15, -0.1) is 0 Å². The number of hydrogen-bond donors (Lipinski definition) is 0. The Kier molecular flexibility index (Phi) is 8.19. The van der Waals surface area contributed by atoms with Gasteiger partial charge in [0.05, 0.1) is 18.1 Å². The quantitative estimate of drug-likeness (QED) is 0.0896. The lowest BCUT2D eigenvalue weighted by molar-refractivity contribution is -0.182. The van der Waals surface area contributed by atoms with Crippen LogP contribution < -0.4 is 0 Å². The van der Waals surface area contributed by atoms with Crippen LogP contribution in [0.15, 0.2) is 12.2 Å². The van der Waals surface area contributed by atoms with Gasteiger partial charge in [0.1, 0.15) is 5.60 Å². The number of fused-ring (bicyclic) bond motifs is 3. The zero-order valence-electron chi connectivity index (χ0n) is 24.3. The van der Waals surface area contributed by atoms with E-state index in [0.29, 0.717) is 36.4 Å². The number of unbranched alkanes of at least 4 members (excludes halogenated alkanes) is 11. The Balaban J connectivity index is 0.946. The first-order chi connectivity index (χ1) is 17.8. The summed E-state index contributed by atoms with van der Waals surface area (Å²) in [6, 6.07) is 0. The second-order valence-corrected chi connectivity index (χ2v) is 14.3. The number of hydrogen-bond acceptors (Lipinski definition) is 4. The first kappa shape index (κ1) is 27.7. The van der Waals surface area contributed by atoms with E-state index in [0.717, 1.165) is 19.3 Å². The number of esters is 1. The van der Waals surface area contributed by atoms with E-state index in [-0.39, 0.29) is 22.4 Å². The van der Waals surface area contributed by atoms with Gasteiger partial charge in [-0.25, -0.2) is 0 Å². The van der Waals surface area contributed by atoms with Gasteiger partial charge in [0.25, 0.3) is 0 Å². The van der Waals surface area contributed by atoms with Crippen molar-refractivity contribution < 1.29 is 19.0 Å². The highest BCUT2D eigenvalue weighted by atomic mass is 16.7. The molecule has 0 aromatic heterocycles. The molecule has 7 atom stereocenters. The highest BCUT2D eigenvalue weighted by Gasteiger charge is 2.95. The summed E-state index contributed by atoms with van der Waals surface area (Å²) >= 11 is 0. The molecule has 4 nitrogen and oxygen atoms in total. The highest BCUT2D eigenvalue weighted by Crippen LogP contribution is 2.88. The number of carbonyl (C=O) groups excluding carboxylic acids is 1. The number of allylic oxidation sites excluding steroid dienone is 2. The normalized spacial score (nSPS) is 40.2. The topological polar surface area (TPSA) is 48.1 Å². The van der Waals surface area contributed by atoms with Crippen LogP contribution in [0.3, 0.4) is 0 Å². The minimum absolute atomic E-state index is 0.0747.